The Bertz CT molecular complexity index is 496. The van der Waals surface area contributed by atoms with E-state index in [4.69, 9.17) is 23.7 Å². The van der Waals surface area contributed by atoms with E-state index in [1.54, 1.807) is 0 Å². The number of hydrogen-bond donors (Lipinski definition) is 1. The highest BCUT2D eigenvalue weighted by Crippen LogP contribution is 2.52. The zero-order valence-electron chi connectivity index (χ0n) is 12.1. The van der Waals surface area contributed by atoms with Crippen molar-refractivity contribution in [2.45, 2.75) is 6.92 Å². The summed E-state index contributed by atoms with van der Waals surface area (Å²) >= 11 is 0. The molecule has 0 amide bonds. The SMILES string of the molecule is COCOc1c(OC)c(OC)c(O)c(OC)c1C(C)=O. The smallest absolute Gasteiger partial charge is 0.211 e. The molecule has 0 saturated heterocycles. The lowest BCUT2D eigenvalue weighted by Gasteiger charge is -2.20. The van der Waals surface area contributed by atoms with Crippen LogP contribution in [0.1, 0.15) is 17.3 Å². The van der Waals surface area contributed by atoms with Crippen LogP contribution >= 0.6 is 0 Å². The number of benzene rings is 1. The summed E-state index contributed by atoms with van der Waals surface area (Å²) in [5.74, 6) is -0.533. The van der Waals surface area contributed by atoms with Crippen molar-refractivity contribution in [3.8, 4) is 28.7 Å². The molecular weight excluding hydrogens is 268 g/mol. The number of ketones is 1. The van der Waals surface area contributed by atoms with E-state index in [1.165, 1.54) is 35.4 Å². The third kappa shape index (κ3) is 2.72. The van der Waals surface area contributed by atoms with E-state index in [0.29, 0.717) is 0 Å². The monoisotopic (exact) mass is 286 g/mol. The molecule has 0 bridgehead atoms. The van der Waals surface area contributed by atoms with Crippen molar-refractivity contribution in [1.82, 2.24) is 0 Å². The average molecular weight is 286 g/mol. The number of aromatic hydroxyl groups is 1. The minimum atomic E-state index is -0.357. The molecule has 0 aliphatic heterocycles. The quantitative estimate of drug-likeness (QED) is 0.602. The van der Waals surface area contributed by atoms with Gasteiger partial charge in [-0.2, -0.15) is 0 Å². The predicted molar refractivity (Wildman–Crippen MR) is 70.3 cm³/mol. The van der Waals surface area contributed by atoms with Crippen LogP contribution in [0.15, 0.2) is 0 Å². The van der Waals surface area contributed by atoms with Gasteiger partial charge < -0.3 is 28.8 Å². The summed E-state index contributed by atoms with van der Waals surface area (Å²) in [5.41, 5.74) is 0.0553. The molecule has 7 heteroatoms. The number of carbonyl (C=O) groups is 1. The highest BCUT2D eigenvalue weighted by atomic mass is 16.7. The van der Waals surface area contributed by atoms with Crippen LogP contribution in [0.5, 0.6) is 28.7 Å². The van der Waals surface area contributed by atoms with Gasteiger partial charge in [0, 0.05) is 7.11 Å². The van der Waals surface area contributed by atoms with Gasteiger partial charge >= 0.3 is 0 Å². The second-order valence-corrected chi connectivity index (χ2v) is 3.76. The van der Waals surface area contributed by atoms with E-state index in [1.807, 2.05) is 0 Å². The molecule has 1 aromatic rings. The molecule has 112 valence electrons. The molecule has 0 aromatic heterocycles. The summed E-state index contributed by atoms with van der Waals surface area (Å²) in [6, 6.07) is 0. The summed E-state index contributed by atoms with van der Waals surface area (Å²) in [4.78, 5) is 11.8. The van der Waals surface area contributed by atoms with Crippen LogP contribution < -0.4 is 18.9 Å². The lowest BCUT2D eigenvalue weighted by atomic mass is 10.1. The van der Waals surface area contributed by atoms with Crippen LogP contribution in [0.3, 0.4) is 0 Å². The first-order chi connectivity index (χ1) is 9.53. The molecule has 1 N–H and O–H groups in total. The molecule has 0 spiro atoms. The van der Waals surface area contributed by atoms with Gasteiger partial charge in [-0.05, 0) is 6.92 Å². The van der Waals surface area contributed by atoms with E-state index < -0.39 is 0 Å². The highest BCUT2D eigenvalue weighted by Gasteiger charge is 2.29. The van der Waals surface area contributed by atoms with Gasteiger partial charge in [0.25, 0.3) is 0 Å². The van der Waals surface area contributed by atoms with Crippen LogP contribution in [0, 0.1) is 0 Å². The molecular formula is C13H18O7. The lowest BCUT2D eigenvalue weighted by Crippen LogP contribution is -2.09. The Hall–Kier alpha value is -2.15. The van der Waals surface area contributed by atoms with Gasteiger partial charge in [-0.3, -0.25) is 4.79 Å². The van der Waals surface area contributed by atoms with Crippen molar-refractivity contribution in [2.24, 2.45) is 0 Å². The highest BCUT2D eigenvalue weighted by molar-refractivity contribution is 6.02. The zero-order chi connectivity index (χ0) is 15.3. The third-order valence-corrected chi connectivity index (χ3v) is 2.58. The maximum absolute atomic E-state index is 11.8. The Labute approximate surface area is 117 Å². The topological polar surface area (TPSA) is 83.5 Å². The van der Waals surface area contributed by atoms with Crippen LogP contribution in [0.25, 0.3) is 0 Å². The van der Waals surface area contributed by atoms with Gasteiger partial charge in [0.05, 0.1) is 21.3 Å². The second kappa shape index (κ2) is 6.85. The van der Waals surface area contributed by atoms with Gasteiger partial charge in [-0.15, -0.1) is 0 Å². The number of phenolic OH excluding ortho intramolecular Hbond substituents is 1. The van der Waals surface area contributed by atoms with Crippen LogP contribution in [0.4, 0.5) is 0 Å². The van der Waals surface area contributed by atoms with Crippen molar-refractivity contribution in [2.75, 3.05) is 35.2 Å². The number of carbonyl (C=O) groups excluding carboxylic acids is 1. The number of phenols is 1. The first-order valence-corrected chi connectivity index (χ1v) is 5.70. The van der Waals surface area contributed by atoms with E-state index >= 15 is 0 Å². The third-order valence-electron chi connectivity index (χ3n) is 2.58. The normalized spacial score (nSPS) is 10.1. The van der Waals surface area contributed by atoms with Gasteiger partial charge in [-0.25, -0.2) is 0 Å². The molecule has 7 nitrogen and oxygen atoms in total. The molecule has 0 saturated carbocycles. The molecule has 20 heavy (non-hydrogen) atoms. The van der Waals surface area contributed by atoms with Crippen molar-refractivity contribution in [3.05, 3.63) is 5.56 Å². The molecule has 0 aliphatic rings. The Morgan fingerprint density at radius 1 is 0.950 bits per heavy atom. The maximum Gasteiger partial charge on any atom is 0.211 e. The first kappa shape index (κ1) is 15.9. The van der Waals surface area contributed by atoms with E-state index in [-0.39, 0.29) is 46.9 Å². The summed E-state index contributed by atoms with van der Waals surface area (Å²) in [5, 5.41) is 10.1. The maximum atomic E-state index is 11.8. The minimum absolute atomic E-state index is 0.0143. The standard InChI is InChI=1S/C13H18O7/c1-7(14)8-10(17-3)9(15)12(18-4)13(19-5)11(8)20-6-16-2/h15H,6H2,1-5H3. The predicted octanol–water partition coefficient (Wildman–Crippen LogP) is 1.60. The molecule has 1 aromatic carbocycles. The minimum Gasteiger partial charge on any atom is -0.502 e. The van der Waals surface area contributed by atoms with Gasteiger partial charge in [-0.1, -0.05) is 0 Å². The molecule has 0 aliphatic carbocycles. The lowest BCUT2D eigenvalue weighted by molar-refractivity contribution is 0.0476. The zero-order valence-corrected chi connectivity index (χ0v) is 12.1. The van der Waals surface area contributed by atoms with Gasteiger partial charge in [0.1, 0.15) is 5.56 Å². The summed E-state index contributed by atoms with van der Waals surface area (Å²) < 4.78 is 25.5. The summed E-state index contributed by atoms with van der Waals surface area (Å²) in [6.07, 6.45) is 0. The van der Waals surface area contributed by atoms with Crippen molar-refractivity contribution < 1.29 is 33.6 Å². The number of rotatable bonds is 7. The Kier molecular flexibility index (Phi) is 5.45. The number of Topliss-reactive ketones (excluding diaryl/α,β-unsaturated/α-hetero) is 1. The van der Waals surface area contributed by atoms with Crippen LogP contribution in [0.2, 0.25) is 0 Å². The average Bonchev–Trinajstić information content (AvgIpc) is 2.43. The van der Waals surface area contributed by atoms with E-state index in [9.17, 15) is 9.90 Å². The van der Waals surface area contributed by atoms with Gasteiger partial charge in [0.15, 0.2) is 24.1 Å². The molecule has 1 rings (SSSR count). The Morgan fingerprint density at radius 3 is 1.90 bits per heavy atom. The molecule has 0 atom stereocenters. The summed E-state index contributed by atoms with van der Waals surface area (Å²) in [6.45, 7) is 1.22. The second-order valence-electron chi connectivity index (χ2n) is 3.76. The van der Waals surface area contributed by atoms with E-state index in [0.717, 1.165) is 0 Å². The molecule has 0 fully saturated rings. The number of ether oxygens (including phenoxy) is 5. The van der Waals surface area contributed by atoms with Crippen molar-refractivity contribution in [3.63, 3.8) is 0 Å². The number of hydrogen-bond acceptors (Lipinski definition) is 7. The van der Waals surface area contributed by atoms with Crippen LogP contribution in [-0.2, 0) is 4.74 Å². The molecule has 0 heterocycles. The fraction of sp³-hybridized carbons (Fsp3) is 0.462. The molecule has 0 unspecified atom stereocenters. The van der Waals surface area contributed by atoms with Crippen molar-refractivity contribution >= 4 is 5.78 Å². The summed E-state index contributed by atoms with van der Waals surface area (Å²) in [7, 11) is 5.49. The molecule has 0 radical (unpaired) electrons. The van der Waals surface area contributed by atoms with Crippen molar-refractivity contribution in [1.29, 1.82) is 0 Å². The van der Waals surface area contributed by atoms with E-state index in [2.05, 4.69) is 0 Å². The Balaban J connectivity index is 3.68. The number of methoxy groups -OCH3 is 4. The van der Waals surface area contributed by atoms with Gasteiger partial charge in [0.2, 0.25) is 17.2 Å². The Morgan fingerprint density at radius 2 is 1.50 bits per heavy atom. The largest absolute Gasteiger partial charge is 0.502 e. The fourth-order valence-corrected chi connectivity index (χ4v) is 1.80. The van der Waals surface area contributed by atoms with Crippen LogP contribution in [-0.4, -0.2) is 46.1 Å². The first-order valence-electron chi connectivity index (χ1n) is 5.70. The fourth-order valence-electron chi connectivity index (χ4n) is 1.80.